The van der Waals surface area contributed by atoms with Crippen molar-refractivity contribution in [1.29, 1.82) is 0 Å². The maximum Gasteiger partial charge on any atom is 0.144 e. The Morgan fingerprint density at radius 1 is 1.15 bits per heavy atom. The van der Waals surface area contributed by atoms with Gasteiger partial charge in [0, 0.05) is 4.88 Å². The van der Waals surface area contributed by atoms with E-state index in [0.717, 1.165) is 10.4 Å². The van der Waals surface area contributed by atoms with E-state index >= 15 is 0 Å². The lowest BCUT2D eigenvalue weighted by Crippen LogP contribution is -2.00. The van der Waals surface area contributed by atoms with E-state index in [-0.39, 0.29) is 0 Å². The van der Waals surface area contributed by atoms with E-state index in [1.807, 2.05) is 46.8 Å². The van der Waals surface area contributed by atoms with Crippen LogP contribution < -0.4 is 0 Å². The van der Waals surface area contributed by atoms with Gasteiger partial charge in [0.05, 0.1) is 6.21 Å². The second kappa shape index (κ2) is 4.87. The van der Waals surface area contributed by atoms with Gasteiger partial charge >= 0.3 is 0 Å². The average molecular weight is 281 g/mol. The van der Waals surface area contributed by atoms with Crippen LogP contribution in [0.15, 0.2) is 41.8 Å². The molecule has 20 heavy (non-hydrogen) atoms. The molecule has 2 heterocycles. The maximum atomic E-state index is 4.58. The lowest BCUT2D eigenvalue weighted by molar-refractivity contribution is 0.696. The predicted molar refractivity (Wildman–Crippen MR) is 83.7 cm³/mol. The van der Waals surface area contributed by atoms with Crippen LogP contribution in [0, 0.1) is 0 Å². The molecule has 0 bridgehead atoms. The summed E-state index contributed by atoms with van der Waals surface area (Å²) in [6.07, 6.45) is 8.69. The third kappa shape index (κ3) is 1.96. The Kier molecular flexibility index (Phi) is 2.89. The van der Waals surface area contributed by atoms with E-state index in [1.54, 1.807) is 0 Å². The first-order valence-corrected chi connectivity index (χ1v) is 7.80. The van der Waals surface area contributed by atoms with Crippen LogP contribution in [0.1, 0.15) is 28.8 Å². The number of fused-ring (bicyclic) bond motifs is 3. The zero-order valence-corrected chi connectivity index (χ0v) is 11.9. The molecule has 4 rings (SSSR count). The minimum Gasteiger partial charge on any atom is -0.224 e. The highest BCUT2D eigenvalue weighted by Crippen LogP contribution is 2.35. The molecule has 3 nitrogen and oxygen atoms in total. The van der Waals surface area contributed by atoms with Crippen LogP contribution in [0.3, 0.4) is 0 Å². The zero-order valence-electron chi connectivity index (χ0n) is 11.1. The number of imidazole rings is 1. The minimum atomic E-state index is 1.11. The number of hydrogen-bond acceptors (Lipinski definition) is 3. The van der Waals surface area contributed by atoms with E-state index in [9.17, 15) is 0 Å². The van der Waals surface area contributed by atoms with Gasteiger partial charge in [0.1, 0.15) is 16.7 Å². The Morgan fingerprint density at radius 3 is 2.90 bits per heavy atom. The Morgan fingerprint density at radius 2 is 2.00 bits per heavy atom. The maximum absolute atomic E-state index is 4.58. The quantitative estimate of drug-likeness (QED) is 0.656. The van der Waals surface area contributed by atoms with Gasteiger partial charge in [-0.05, 0) is 36.8 Å². The van der Waals surface area contributed by atoms with Crippen molar-refractivity contribution in [3.63, 3.8) is 0 Å². The summed E-state index contributed by atoms with van der Waals surface area (Å²) in [5.41, 5.74) is 3.80. The summed E-state index contributed by atoms with van der Waals surface area (Å²) >= 11 is 1.84. The minimum absolute atomic E-state index is 1.11. The molecule has 0 saturated heterocycles. The molecule has 2 aromatic heterocycles. The van der Waals surface area contributed by atoms with Crippen LogP contribution in [0.2, 0.25) is 0 Å². The van der Waals surface area contributed by atoms with Crippen molar-refractivity contribution in [2.45, 2.75) is 25.7 Å². The number of thiophene rings is 1. The van der Waals surface area contributed by atoms with Gasteiger partial charge in [-0.3, -0.25) is 0 Å². The van der Waals surface area contributed by atoms with Gasteiger partial charge in [-0.1, -0.05) is 30.3 Å². The molecule has 0 atom stereocenters. The standard InChI is InChI=1S/C16H15N3S/c1-2-6-12(7-3-1)10-18-19-11-17-16-15(19)13-8-4-5-9-14(13)20-16/h1-3,6-7,10-11H,4-5,8-9H2/b18-10-. The molecule has 0 radical (unpaired) electrons. The van der Waals surface area contributed by atoms with E-state index in [4.69, 9.17) is 0 Å². The van der Waals surface area contributed by atoms with Gasteiger partial charge < -0.3 is 0 Å². The van der Waals surface area contributed by atoms with Crippen molar-refractivity contribution in [2.75, 3.05) is 0 Å². The fraction of sp³-hybridized carbons (Fsp3) is 0.250. The van der Waals surface area contributed by atoms with Gasteiger partial charge in [-0.2, -0.15) is 5.10 Å². The number of aromatic nitrogens is 2. The van der Waals surface area contributed by atoms with E-state index in [1.165, 1.54) is 41.6 Å². The molecular formula is C16H15N3S. The first kappa shape index (κ1) is 11.9. The lowest BCUT2D eigenvalue weighted by Gasteiger charge is -2.10. The topological polar surface area (TPSA) is 30.2 Å². The van der Waals surface area contributed by atoms with Gasteiger partial charge in [0.25, 0.3) is 0 Å². The molecule has 0 amide bonds. The monoisotopic (exact) mass is 281 g/mol. The molecule has 0 spiro atoms. The van der Waals surface area contributed by atoms with Crippen LogP contribution in [-0.4, -0.2) is 15.9 Å². The molecule has 1 aromatic carbocycles. The van der Waals surface area contributed by atoms with Gasteiger partial charge in [0.15, 0.2) is 0 Å². The predicted octanol–water partition coefficient (Wildman–Crippen LogP) is 3.86. The van der Waals surface area contributed by atoms with Crippen molar-refractivity contribution < 1.29 is 0 Å². The number of rotatable bonds is 2. The fourth-order valence-corrected chi connectivity index (χ4v) is 3.99. The molecule has 0 aliphatic heterocycles. The first-order valence-electron chi connectivity index (χ1n) is 6.99. The molecule has 0 fully saturated rings. The molecule has 0 unspecified atom stereocenters. The summed E-state index contributed by atoms with van der Waals surface area (Å²) in [5.74, 6) is 0. The van der Waals surface area contributed by atoms with Gasteiger partial charge in [0.2, 0.25) is 0 Å². The highest BCUT2D eigenvalue weighted by molar-refractivity contribution is 7.18. The van der Waals surface area contributed by atoms with E-state index < -0.39 is 0 Å². The lowest BCUT2D eigenvalue weighted by atomic mass is 9.99. The smallest absolute Gasteiger partial charge is 0.144 e. The molecule has 1 aliphatic rings. The van der Waals surface area contributed by atoms with Crippen LogP contribution >= 0.6 is 11.3 Å². The third-order valence-corrected chi connectivity index (χ3v) is 4.96. The highest BCUT2D eigenvalue weighted by Gasteiger charge is 2.19. The van der Waals surface area contributed by atoms with Crippen molar-refractivity contribution in [1.82, 2.24) is 9.66 Å². The second-order valence-electron chi connectivity index (χ2n) is 5.11. The molecule has 100 valence electrons. The summed E-state index contributed by atoms with van der Waals surface area (Å²) in [6, 6.07) is 10.2. The molecule has 0 N–H and O–H groups in total. The van der Waals surface area contributed by atoms with Crippen LogP contribution in [-0.2, 0) is 12.8 Å². The van der Waals surface area contributed by atoms with Gasteiger partial charge in [-0.25, -0.2) is 9.66 Å². The second-order valence-corrected chi connectivity index (χ2v) is 6.19. The van der Waals surface area contributed by atoms with E-state index in [0.29, 0.717) is 0 Å². The largest absolute Gasteiger partial charge is 0.224 e. The van der Waals surface area contributed by atoms with Crippen LogP contribution in [0.5, 0.6) is 0 Å². The summed E-state index contributed by atoms with van der Waals surface area (Å²) in [4.78, 5) is 7.14. The number of hydrogen-bond donors (Lipinski definition) is 0. The Hall–Kier alpha value is -1.94. The van der Waals surface area contributed by atoms with E-state index in [2.05, 4.69) is 22.2 Å². The molecule has 1 aliphatic carbocycles. The Bertz CT molecular complexity index is 768. The van der Waals surface area contributed by atoms with Crippen molar-refractivity contribution in [3.05, 3.63) is 52.7 Å². The third-order valence-electron chi connectivity index (χ3n) is 3.77. The van der Waals surface area contributed by atoms with Crippen molar-refractivity contribution in [3.8, 4) is 0 Å². The number of benzene rings is 1. The number of aryl methyl sites for hydroxylation is 2. The Balaban J connectivity index is 1.77. The summed E-state index contributed by atoms with van der Waals surface area (Å²) in [6.45, 7) is 0. The zero-order chi connectivity index (χ0) is 13.4. The summed E-state index contributed by atoms with van der Waals surface area (Å²) < 4.78 is 1.93. The molecule has 3 aromatic rings. The molecule has 4 heteroatoms. The van der Waals surface area contributed by atoms with Crippen LogP contribution in [0.4, 0.5) is 0 Å². The Labute approximate surface area is 121 Å². The summed E-state index contributed by atoms with van der Waals surface area (Å²) in [5, 5.41) is 4.58. The van der Waals surface area contributed by atoms with Crippen molar-refractivity contribution in [2.24, 2.45) is 5.10 Å². The first-order chi connectivity index (χ1) is 9.92. The highest BCUT2D eigenvalue weighted by atomic mass is 32.1. The molecule has 0 saturated carbocycles. The summed E-state index contributed by atoms with van der Waals surface area (Å²) in [7, 11) is 0. The molecular weight excluding hydrogens is 266 g/mol. The van der Waals surface area contributed by atoms with Gasteiger partial charge in [-0.15, -0.1) is 11.3 Å². The normalized spacial score (nSPS) is 15.0. The SMILES string of the molecule is C(=N/n1cnc2sc3c(c21)CCCC3)/c1ccccc1. The average Bonchev–Trinajstić information content (AvgIpc) is 3.05. The number of nitrogens with zero attached hydrogens (tertiary/aromatic N) is 3. The van der Waals surface area contributed by atoms with Crippen molar-refractivity contribution >= 4 is 27.9 Å². The van der Waals surface area contributed by atoms with Crippen LogP contribution in [0.25, 0.3) is 10.3 Å². The fourth-order valence-electron chi connectivity index (χ4n) is 2.78.